The van der Waals surface area contributed by atoms with E-state index in [2.05, 4.69) is 0 Å². The third-order valence-corrected chi connectivity index (χ3v) is 4.71. The summed E-state index contributed by atoms with van der Waals surface area (Å²) in [7, 11) is 1.50. The van der Waals surface area contributed by atoms with Crippen LogP contribution in [0.25, 0.3) is 0 Å². The summed E-state index contributed by atoms with van der Waals surface area (Å²) in [6.45, 7) is 0. The number of halogens is 4. The molecule has 0 aliphatic rings. The number of hydrogen-bond donors (Lipinski definition) is 0. The Kier molecular flexibility index (Phi) is 5.13. The molecule has 0 fully saturated rings. The lowest BCUT2D eigenvalue weighted by atomic mass is 10.2. The molecule has 2 aromatic rings. The summed E-state index contributed by atoms with van der Waals surface area (Å²) in [6, 6.07) is 6.94. The highest BCUT2D eigenvalue weighted by Gasteiger charge is 2.12. The smallest absolute Gasteiger partial charge is 0.139 e. The Hall–Kier alpha value is -0.970. The van der Waals surface area contributed by atoms with Crippen LogP contribution in [0.1, 0.15) is 5.56 Å². The maximum atomic E-state index is 13.5. The first kappa shape index (κ1) is 15.4. The normalized spacial score (nSPS) is 10.7. The van der Waals surface area contributed by atoms with Crippen molar-refractivity contribution in [3.63, 3.8) is 0 Å². The van der Waals surface area contributed by atoms with Crippen molar-refractivity contribution in [3.8, 4) is 5.75 Å². The molecule has 0 unspecified atom stereocenters. The number of benzene rings is 2. The van der Waals surface area contributed by atoms with Crippen molar-refractivity contribution in [2.24, 2.45) is 0 Å². The molecule has 0 aliphatic carbocycles. The van der Waals surface area contributed by atoms with Gasteiger partial charge in [0.15, 0.2) is 0 Å². The van der Waals surface area contributed by atoms with Crippen LogP contribution in [0.5, 0.6) is 5.75 Å². The van der Waals surface area contributed by atoms with Crippen LogP contribution in [0.15, 0.2) is 35.2 Å². The average molecular weight is 335 g/mol. The molecular weight excluding hydrogens is 325 g/mol. The Morgan fingerprint density at radius 1 is 1.10 bits per heavy atom. The Balaban J connectivity index is 2.17. The predicted octanol–water partition coefficient (Wildman–Crippen LogP) is 5.57. The fraction of sp³-hybridized carbons (Fsp3) is 0.143. The Bertz CT molecular complexity index is 635. The number of ether oxygens (including phenoxy) is 1. The van der Waals surface area contributed by atoms with Gasteiger partial charge in [-0.1, -0.05) is 29.3 Å². The molecule has 0 saturated carbocycles. The molecule has 2 aromatic carbocycles. The summed E-state index contributed by atoms with van der Waals surface area (Å²) < 4.78 is 31.4. The van der Waals surface area contributed by atoms with Gasteiger partial charge in [-0.3, -0.25) is 0 Å². The summed E-state index contributed by atoms with van der Waals surface area (Å²) in [5.74, 6) is -0.363. The van der Waals surface area contributed by atoms with E-state index in [1.54, 1.807) is 12.1 Å². The standard InChI is InChI=1S/C14H10Cl2F2OS/c1-19-11-4-5-12(14(16)13(11)15)20-7-8-2-3-9(17)6-10(8)18/h2-6H,7H2,1H3. The molecule has 0 heterocycles. The van der Waals surface area contributed by atoms with Crippen molar-refractivity contribution in [2.75, 3.05) is 7.11 Å². The van der Waals surface area contributed by atoms with E-state index in [9.17, 15) is 8.78 Å². The molecule has 0 aliphatic heterocycles. The molecule has 0 atom stereocenters. The second-order valence-corrected chi connectivity index (χ2v) is 5.69. The lowest BCUT2D eigenvalue weighted by Crippen LogP contribution is -1.90. The van der Waals surface area contributed by atoms with E-state index in [1.807, 2.05) is 0 Å². The van der Waals surface area contributed by atoms with Gasteiger partial charge in [0.25, 0.3) is 0 Å². The van der Waals surface area contributed by atoms with Crippen LogP contribution in [0, 0.1) is 11.6 Å². The van der Waals surface area contributed by atoms with Crippen LogP contribution in [-0.4, -0.2) is 7.11 Å². The van der Waals surface area contributed by atoms with E-state index in [0.29, 0.717) is 32.0 Å². The molecule has 0 amide bonds. The summed E-state index contributed by atoms with van der Waals surface area (Å²) in [5, 5.41) is 0.678. The van der Waals surface area contributed by atoms with Crippen molar-refractivity contribution in [1.82, 2.24) is 0 Å². The van der Waals surface area contributed by atoms with Crippen LogP contribution in [0.2, 0.25) is 10.0 Å². The van der Waals surface area contributed by atoms with Crippen LogP contribution in [0.4, 0.5) is 8.78 Å². The SMILES string of the molecule is COc1ccc(SCc2ccc(F)cc2F)c(Cl)c1Cl. The zero-order valence-corrected chi connectivity index (χ0v) is 12.8. The van der Waals surface area contributed by atoms with E-state index in [0.717, 1.165) is 6.07 Å². The first-order chi connectivity index (χ1) is 9.52. The minimum Gasteiger partial charge on any atom is -0.495 e. The molecule has 2 rings (SSSR count). The quantitative estimate of drug-likeness (QED) is 0.675. The Labute approximate surface area is 129 Å². The molecule has 6 heteroatoms. The number of thioether (sulfide) groups is 1. The van der Waals surface area contributed by atoms with Gasteiger partial charge in [0.2, 0.25) is 0 Å². The third kappa shape index (κ3) is 3.37. The molecule has 0 aromatic heterocycles. The molecule has 0 spiro atoms. The van der Waals surface area contributed by atoms with Crippen LogP contribution in [0.3, 0.4) is 0 Å². The highest BCUT2D eigenvalue weighted by molar-refractivity contribution is 7.98. The maximum absolute atomic E-state index is 13.5. The molecule has 0 saturated heterocycles. The predicted molar refractivity (Wildman–Crippen MR) is 78.9 cm³/mol. The lowest BCUT2D eigenvalue weighted by molar-refractivity contribution is 0.415. The topological polar surface area (TPSA) is 9.23 Å². The first-order valence-electron chi connectivity index (χ1n) is 5.61. The summed E-state index contributed by atoms with van der Waals surface area (Å²) in [6.07, 6.45) is 0. The summed E-state index contributed by atoms with van der Waals surface area (Å²) >= 11 is 13.5. The monoisotopic (exact) mass is 334 g/mol. The van der Waals surface area contributed by atoms with Crippen LogP contribution >= 0.6 is 35.0 Å². The van der Waals surface area contributed by atoms with E-state index in [-0.39, 0.29) is 0 Å². The second kappa shape index (κ2) is 6.66. The largest absolute Gasteiger partial charge is 0.495 e. The van der Waals surface area contributed by atoms with Gasteiger partial charge in [0, 0.05) is 16.7 Å². The molecule has 0 N–H and O–H groups in total. The average Bonchev–Trinajstić information content (AvgIpc) is 2.42. The number of methoxy groups -OCH3 is 1. The van der Waals surface area contributed by atoms with Crippen molar-refractivity contribution in [1.29, 1.82) is 0 Å². The van der Waals surface area contributed by atoms with Gasteiger partial charge in [-0.25, -0.2) is 8.78 Å². The molecule has 1 nitrogen and oxygen atoms in total. The minimum absolute atomic E-state index is 0.318. The highest BCUT2D eigenvalue weighted by Crippen LogP contribution is 2.40. The van der Waals surface area contributed by atoms with Gasteiger partial charge < -0.3 is 4.74 Å². The van der Waals surface area contributed by atoms with Crippen molar-refractivity contribution >= 4 is 35.0 Å². The number of hydrogen-bond acceptors (Lipinski definition) is 2. The van der Waals surface area contributed by atoms with Crippen LogP contribution < -0.4 is 4.74 Å². The van der Waals surface area contributed by atoms with Crippen molar-refractivity contribution in [3.05, 3.63) is 57.6 Å². The fourth-order valence-corrected chi connectivity index (χ4v) is 3.13. The number of rotatable bonds is 4. The molecule has 0 bridgehead atoms. The van der Waals surface area contributed by atoms with Gasteiger partial charge in [0.1, 0.15) is 22.4 Å². The maximum Gasteiger partial charge on any atom is 0.139 e. The minimum atomic E-state index is -0.596. The second-order valence-electron chi connectivity index (χ2n) is 3.92. The van der Waals surface area contributed by atoms with Crippen molar-refractivity contribution in [2.45, 2.75) is 10.6 Å². The van der Waals surface area contributed by atoms with E-state index in [4.69, 9.17) is 27.9 Å². The zero-order chi connectivity index (χ0) is 14.7. The van der Waals surface area contributed by atoms with Crippen LogP contribution in [-0.2, 0) is 5.75 Å². The van der Waals surface area contributed by atoms with E-state index >= 15 is 0 Å². The molecular formula is C14H10Cl2F2OS. The Morgan fingerprint density at radius 2 is 1.85 bits per heavy atom. The molecule has 20 heavy (non-hydrogen) atoms. The molecule has 106 valence electrons. The van der Waals surface area contributed by atoms with E-state index in [1.165, 1.54) is 31.0 Å². The van der Waals surface area contributed by atoms with Gasteiger partial charge in [0.05, 0.1) is 12.1 Å². The lowest BCUT2D eigenvalue weighted by Gasteiger charge is -2.09. The highest BCUT2D eigenvalue weighted by atomic mass is 35.5. The summed E-state index contributed by atoms with van der Waals surface area (Å²) in [5.41, 5.74) is 0.402. The van der Waals surface area contributed by atoms with Gasteiger partial charge in [-0.15, -0.1) is 11.8 Å². The van der Waals surface area contributed by atoms with Gasteiger partial charge in [-0.2, -0.15) is 0 Å². The van der Waals surface area contributed by atoms with Crippen molar-refractivity contribution < 1.29 is 13.5 Å². The Morgan fingerprint density at radius 3 is 2.50 bits per heavy atom. The van der Waals surface area contributed by atoms with E-state index < -0.39 is 11.6 Å². The van der Waals surface area contributed by atoms with Gasteiger partial charge in [-0.05, 0) is 23.8 Å². The summed E-state index contributed by atoms with van der Waals surface area (Å²) in [4.78, 5) is 0.709. The molecule has 0 radical (unpaired) electrons. The first-order valence-corrected chi connectivity index (χ1v) is 7.35. The third-order valence-electron chi connectivity index (χ3n) is 2.63. The fourth-order valence-electron chi connectivity index (χ4n) is 1.58. The van der Waals surface area contributed by atoms with Gasteiger partial charge >= 0.3 is 0 Å². The zero-order valence-electron chi connectivity index (χ0n) is 10.4.